The van der Waals surface area contributed by atoms with E-state index in [0.29, 0.717) is 11.1 Å². The highest BCUT2D eigenvalue weighted by molar-refractivity contribution is 8.03. The van der Waals surface area contributed by atoms with E-state index in [1.807, 2.05) is 37.3 Å². The Morgan fingerprint density at radius 1 is 1.35 bits per heavy atom. The molecule has 2 rings (SSSR count). The maximum atomic E-state index is 12.2. The van der Waals surface area contributed by atoms with Gasteiger partial charge in [0.2, 0.25) is 0 Å². The van der Waals surface area contributed by atoms with Crippen molar-refractivity contribution < 1.29 is 4.79 Å². The molecule has 1 heterocycles. The van der Waals surface area contributed by atoms with E-state index in [9.17, 15) is 10.1 Å². The van der Waals surface area contributed by atoms with Crippen LogP contribution < -0.4 is 5.32 Å². The first-order chi connectivity index (χ1) is 11.1. The molecule has 120 valence electrons. The van der Waals surface area contributed by atoms with Crippen molar-refractivity contribution in [3.8, 4) is 6.07 Å². The highest BCUT2D eigenvalue weighted by atomic mass is 32.2. The summed E-state index contributed by atoms with van der Waals surface area (Å²) in [6.07, 6.45) is 2.23. The van der Waals surface area contributed by atoms with E-state index in [2.05, 4.69) is 18.3 Å². The predicted octanol–water partition coefficient (Wildman–Crippen LogP) is 4.50. The number of nitriles is 1. The van der Waals surface area contributed by atoms with E-state index < -0.39 is 0 Å². The third-order valence-electron chi connectivity index (χ3n) is 3.90. The Kier molecular flexibility index (Phi) is 6.06. The van der Waals surface area contributed by atoms with Crippen molar-refractivity contribution in [1.82, 2.24) is 5.32 Å². The summed E-state index contributed by atoms with van der Waals surface area (Å²) in [5, 5.41) is 13.9. The maximum Gasteiger partial charge on any atom is 0.158 e. The standard InChI is InChI=1S/C19H22N2OS/c1-4-5-11-23-19-16(12-20)18(15-9-7-6-8-10-15)17(14(3)22)13(2)21-19/h6-10,18,21H,4-5,11H2,1-3H3/t18-/m0/s1. The van der Waals surface area contributed by atoms with E-state index in [-0.39, 0.29) is 11.7 Å². The molecule has 1 atom stereocenters. The first-order valence-electron chi connectivity index (χ1n) is 7.90. The van der Waals surface area contributed by atoms with Gasteiger partial charge in [-0.1, -0.05) is 43.7 Å². The number of carbonyl (C=O) groups excluding carboxylic acids is 1. The molecular formula is C19H22N2OS. The Morgan fingerprint density at radius 3 is 2.61 bits per heavy atom. The average molecular weight is 326 g/mol. The molecular weight excluding hydrogens is 304 g/mol. The van der Waals surface area contributed by atoms with Gasteiger partial charge < -0.3 is 5.32 Å². The van der Waals surface area contributed by atoms with Gasteiger partial charge in [0.05, 0.1) is 22.6 Å². The molecule has 1 aromatic carbocycles. The minimum absolute atomic E-state index is 0.00853. The zero-order valence-corrected chi connectivity index (χ0v) is 14.7. The molecule has 23 heavy (non-hydrogen) atoms. The third-order valence-corrected chi connectivity index (χ3v) is 5.01. The molecule has 4 heteroatoms. The van der Waals surface area contributed by atoms with Crippen LogP contribution in [0.2, 0.25) is 0 Å². The van der Waals surface area contributed by atoms with Crippen LogP contribution in [-0.4, -0.2) is 11.5 Å². The molecule has 0 radical (unpaired) electrons. The van der Waals surface area contributed by atoms with Gasteiger partial charge in [0.1, 0.15) is 0 Å². The van der Waals surface area contributed by atoms with Crippen molar-refractivity contribution in [2.45, 2.75) is 39.5 Å². The first-order valence-corrected chi connectivity index (χ1v) is 8.89. The lowest BCUT2D eigenvalue weighted by molar-refractivity contribution is -0.113. The summed E-state index contributed by atoms with van der Waals surface area (Å²) < 4.78 is 0. The minimum Gasteiger partial charge on any atom is -0.353 e. The van der Waals surface area contributed by atoms with Crippen molar-refractivity contribution in [3.63, 3.8) is 0 Å². The van der Waals surface area contributed by atoms with Gasteiger partial charge >= 0.3 is 0 Å². The third kappa shape index (κ3) is 3.86. The number of hydrogen-bond acceptors (Lipinski definition) is 4. The number of thioether (sulfide) groups is 1. The van der Waals surface area contributed by atoms with Gasteiger partial charge in [0.15, 0.2) is 5.78 Å². The molecule has 0 unspecified atom stereocenters. The number of rotatable bonds is 6. The zero-order chi connectivity index (χ0) is 16.8. The molecule has 0 amide bonds. The van der Waals surface area contributed by atoms with Gasteiger partial charge in [-0.3, -0.25) is 4.79 Å². The van der Waals surface area contributed by atoms with Crippen LogP contribution in [0.25, 0.3) is 0 Å². The fraction of sp³-hybridized carbons (Fsp3) is 0.368. The van der Waals surface area contributed by atoms with Crippen molar-refractivity contribution in [2.24, 2.45) is 0 Å². The summed E-state index contributed by atoms with van der Waals surface area (Å²) in [6, 6.07) is 12.2. The zero-order valence-electron chi connectivity index (χ0n) is 13.8. The second-order valence-electron chi connectivity index (χ2n) is 5.62. The van der Waals surface area contributed by atoms with E-state index >= 15 is 0 Å². The van der Waals surface area contributed by atoms with E-state index in [0.717, 1.165) is 34.9 Å². The maximum absolute atomic E-state index is 12.2. The van der Waals surface area contributed by atoms with Crippen LogP contribution in [0.5, 0.6) is 0 Å². The molecule has 0 saturated carbocycles. The van der Waals surface area contributed by atoms with Gasteiger partial charge in [-0.15, -0.1) is 11.8 Å². The molecule has 0 bridgehead atoms. The van der Waals surface area contributed by atoms with Gasteiger partial charge in [-0.25, -0.2) is 0 Å². The van der Waals surface area contributed by atoms with E-state index in [1.54, 1.807) is 18.7 Å². The Hall–Kier alpha value is -1.99. The SMILES string of the molecule is CCCCSC1=C(C#N)[C@H](c2ccccc2)C(C(C)=O)=C(C)N1. The summed E-state index contributed by atoms with van der Waals surface area (Å²) in [5.41, 5.74) is 3.17. The van der Waals surface area contributed by atoms with Crippen LogP contribution in [0.3, 0.4) is 0 Å². The molecule has 1 N–H and O–H groups in total. The number of Topliss-reactive ketones (excluding diaryl/α,β-unsaturated/α-hetero) is 1. The van der Waals surface area contributed by atoms with Crippen molar-refractivity contribution in [1.29, 1.82) is 5.26 Å². The average Bonchev–Trinajstić information content (AvgIpc) is 2.55. The van der Waals surface area contributed by atoms with E-state index in [4.69, 9.17) is 0 Å². The number of benzene rings is 1. The molecule has 0 aromatic heterocycles. The first kappa shape index (κ1) is 17.4. The molecule has 0 spiro atoms. The molecule has 0 aliphatic carbocycles. The lowest BCUT2D eigenvalue weighted by Crippen LogP contribution is -2.27. The Morgan fingerprint density at radius 2 is 2.04 bits per heavy atom. The van der Waals surface area contributed by atoms with Gasteiger partial charge in [0.25, 0.3) is 0 Å². The lowest BCUT2D eigenvalue weighted by atomic mass is 9.81. The number of hydrogen-bond donors (Lipinski definition) is 1. The van der Waals surface area contributed by atoms with Gasteiger partial charge in [-0.05, 0) is 31.6 Å². The highest BCUT2D eigenvalue weighted by Gasteiger charge is 2.32. The summed E-state index contributed by atoms with van der Waals surface area (Å²) >= 11 is 1.67. The number of unbranched alkanes of at least 4 members (excludes halogenated alkanes) is 1. The largest absolute Gasteiger partial charge is 0.353 e. The van der Waals surface area contributed by atoms with Crippen molar-refractivity contribution in [2.75, 3.05) is 5.75 Å². The van der Waals surface area contributed by atoms with Crippen molar-refractivity contribution >= 4 is 17.5 Å². The molecule has 0 saturated heterocycles. The smallest absolute Gasteiger partial charge is 0.158 e. The van der Waals surface area contributed by atoms with Crippen LogP contribution in [0.15, 0.2) is 52.2 Å². The summed E-state index contributed by atoms with van der Waals surface area (Å²) in [7, 11) is 0. The second kappa shape index (κ2) is 8.03. The number of nitrogens with zero attached hydrogens (tertiary/aromatic N) is 1. The Labute approximate surface area is 142 Å². The highest BCUT2D eigenvalue weighted by Crippen LogP contribution is 2.40. The number of dihydropyridines is 1. The fourth-order valence-corrected chi connectivity index (χ4v) is 3.97. The van der Waals surface area contributed by atoms with Gasteiger partial charge in [-0.2, -0.15) is 5.26 Å². The second-order valence-corrected chi connectivity index (χ2v) is 6.73. The van der Waals surface area contributed by atoms with Gasteiger partial charge in [0, 0.05) is 11.3 Å². The van der Waals surface area contributed by atoms with Crippen LogP contribution in [0, 0.1) is 11.3 Å². The molecule has 1 aromatic rings. The van der Waals surface area contributed by atoms with Crippen molar-refractivity contribution in [3.05, 3.63) is 57.8 Å². The topological polar surface area (TPSA) is 52.9 Å². The number of allylic oxidation sites excluding steroid dienone is 3. The molecule has 1 aliphatic heterocycles. The van der Waals surface area contributed by atoms with Crippen LogP contribution in [-0.2, 0) is 4.79 Å². The number of carbonyl (C=O) groups is 1. The quantitative estimate of drug-likeness (QED) is 0.782. The summed E-state index contributed by atoms with van der Waals surface area (Å²) in [6.45, 7) is 5.64. The normalized spacial score (nSPS) is 17.7. The van der Waals surface area contributed by atoms with E-state index in [1.165, 1.54) is 0 Å². The summed E-state index contributed by atoms with van der Waals surface area (Å²) in [4.78, 5) is 12.2. The molecule has 1 aliphatic rings. The van der Waals surface area contributed by atoms with Crippen LogP contribution in [0.1, 0.15) is 45.1 Å². The summed E-state index contributed by atoms with van der Waals surface area (Å²) in [5.74, 6) is 0.701. The minimum atomic E-state index is -0.274. The monoisotopic (exact) mass is 326 g/mol. The Balaban J connectivity index is 2.50. The molecule has 0 fully saturated rings. The number of ketones is 1. The van der Waals surface area contributed by atoms with Crippen LogP contribution in [0.4, 0.5) is 0 Å². The molecule has 3 nitrogen and oxygen atoms in total. The Bertz CT molecular complexity index is 683. The predicted molar refractivity (Wildman–Crippen MR) is 95.7 cm³/mol. The number of nitrogens with one attached hydrogen (secondary N) is 1. The lowest BCUT2D eigenvalue weighted by Gasteiger charge is -2.29. The van der Waals surface area contributed by atoms with Crippen LogP contribution >= 0.6 is 11.8 Å². The fourth-order valence-electron chi connectivity index (χ4n) is 2.79.